The Bertz CT molecular complexity index is 464. The summed E-state index contributed by atoms with van der Waals surface area (Å²) in [6.07, 6.45) is 6.38. The SMILES string of the molecule is O=C(CCC(=O)c1ccc(Br)cc1)NC1CCCCC1. The lowest BCUT2D eigenvalue weighted by Crippen LogP contribution is -2.36. The number of amides is 1. The smallest absolute Gasteiger partial charge is 0.220 e. The molecule has 0 saturated heterocycles. The number of benzene rings is 1. The molecule has 0 bridgehead atoms. The van der Waals surface area contributed by atoms with Crippen LogP contribution in [-0.4, -0.2) is 17.7 Å². The lowest BCUT2D eigenvalue weighted by molar-refractivity contribution is -0.121. The maximum Gasteiger partial charge on any atom is 0.220 e. The van der Waals surface area contributed by atoms with E-state index in [4.69, 9.17) is 0 Å². The molecule has 1 saturated carbocycles. The number of rotatable bonds is 5. The molecule has 1 amide bonds. The Kier molecular flexibility index (Phi) is 5.77. The minimum Gasteiger partial charge on any atom is -0.353 e. The van der Waals surface area contributed by atoms with Crippen LogP contribution >= 0.6 is 15.9 Å². The predicted octanol–water partition coefficient (Wildman–Crippen LogP) is 3.86. The van der Waals surface area contributed by atoms with Crippen LogP contribution in [0.25, 0.3) is 0 Å². The fourth-order valence-corrected chi connectivity index (χ4v) is 2.82. The molecule has 1 N–H and O–H groups in total. The lowest BCUT2D eigenvalue weighted by Gasteiger charge is -2.22. The molecule has 0 aromatic heterocycles. The number of ketones is 1. The standard InChI is InChI=1S/C16H20BrNO2/c17-13-8-6-12(7-9-13)15(19)10-11-16(20)18-14-4-2-1-3-5-14/h6-9,14H,1-5,10-11H2,(H,18,20). The van der Waals surface area contributed by atoms with E-state index >= 15 is 0 Å². The van der Waals surface area contributed by atoms with E-state index in [1.54, 1.807) is 12.1 Å². The summed E-state index contributed by atoms with van der Waals surface area (Å²) in [6.45, 7) is 0. The van der Waals surface area contributed by atoms with Gasteiger partial charge in [-0.1, -0.05) is 47.3 Å². The molecule has 1 aliphatic carbocycles. The minimum atomic E-state index is 0.00219. The molecule has 3 nitrogen and oxygen atoms in total. The van der Waals surface area contributed by atoms with E-state index in [1.807, 2.05) is 12.1 Å². The first-order valence-electron chi connectivity index (χ1n) is 7.23. The molecular formula is C16H20BrNO2. The molecular weight excluding hydrogens is 318 g/mol. The maximum atomic E-state index is 12.0. The van der Waals surface area contributed by atoms with Crippen LogP contribution < -0.4 is 5.32 Å². The molecule has 1 fully saturated rings. The predicted molar refractivity (Wildman–Crippen MR) is 82.7 cm³/mol. The Balaban J connectivity index is 1.75. The number of carbonyl (C=O) groups is 2. The van der Waals surface area contributed by atoms with Gasteiger partial charge in [-0.3, -0.25) is 9.59 Å². The summed E-state index contributed by atoms with van der Waals surface area (Å²) < 4.78 is 0.948. The molecule has 20 heavy (non-hydrogen) atoms. The Morgan fingerprint density at radius 2 is 1.70 bits per heavy atom. The van der Waals surface area contributed by atoms with Gasteiger partial charge in [-0.25, -0.2) is 0 Å². The first kappa shape index (κ1) is 15.2. The first-order valence-corrected chi connectivity index (χ1v) is 8.02. The zero-order chi connectivity index (χ0) is 14.4. The number of carbonyl (C=O) groups excluding carboxylic acids is 2. The van der Waals surface area contributed by atoms with Gasteiger partial charge in [-0.2, -0.15) is 0 Å². The van der Waals surface area contributed by atoms with Crippen LogP contribution in [-0.2, 0) is 4.79 Å². The van der Waals surface area contributed by atoms with Gasteiger partial charge in [-0.05, 0) is 25.0 Å². The molecule has 1 aromatic carbocycles. The number of hydrogen-bond donors (Lipinski definition) is 1. The van der Waals surface area contributed by atoms with Gasteiger partial charge in [0.1, 0.15) is 0 Å². The fraction of sp³-hybridized carbons (Fsp3) is 0.500. The van der Waals surface area contributed by atoms with Crippen LogP contribution in [0.2, 0.25) is 0 Å². The van der Waals surface area contributed by atoms with Crippen LogP contribution in [0.1, 0.15) is 55.3 Å². The van der Waals surface area contributed by atoms with E-state index < -0.39 is 0 Å². The second kappa shape index (κ2) is 7.58. The largest absolute Gasteiger partial charge is 0.353 e. The highest BCUT2D eigenvalue weighted by Crippen LogP contribution is 2.17. The number of hydrogen-bond acceptors (Lipinski definition) is 2. The lowest BCUT2D eigenvalue weighted by atomic mass is 9.95. The fourth-order valence-electron chi connectivity index (χ4n) is 2.55. The molecule has 0 unspecified atom stereocenters. The molecule has 2 rings (SSSR count). The number of nitrogens with one attached hydrogen (secondary N) is 1. The van der Waals surface area contributed by atoms with Gasteiger partial charge in [0.05, 0.1) is 0 Å². The molecule has 4 heteroatoms. The van der Waals surface area contributed by atoms with Crippen LogP contribution in [0, 0.1) is 0 Å². The average Bonchev–Trinajstić information content (AvgIpc) is 2.46. The highest BCUT2D eigenvalue weighted by Gasteiger charge is 2.16. The molecule has 1 aromatic rings. The van der Waals surface area contributed by atoms with Crippen molar-refractivity contribution in [3.05, 3.63) is 34.3 Å². The normalized spacial score (nSPS) is 15.8. The summed E-state index contributed by atoms with van der Waals surface area (Å²) in [6, 6.07) is 7.57. The van der Waals surface area contributed by atoms with Crippen molar-refractivity contribution in [1.82, 2.24) is 5.32 Å². The monoisotopic (exact) mass is 337 g/mol. The topological polar surface area (TPSA) is 46.2 Å². The Labute approximate surface area is 128 Å². The summed E-state index contributed by atoms with van der Waals surface area (Å²) in [5.41, 5.74) is 0.665. The third-order valence-corrected chi connectivity index (χ3v) is 4.24. The van der Waals surface area contributed by atoms with E-state index in [0.29, 0.717) is 11.6 Å². The molecule has 0 heterocycles. The summed E-state index contributed by atoms with van der Waals surface area (Å²) in [5, 5.41) is 3.04. The van der Waals surface area contributed by atoms with E-state index in [-0.39, 0.29) is 24.5 Å². The van der Waals surface area contributed by atoms with E-state index in [1.165, 1.54) is 19.3 Å². The second-order valence-electron chi connectivity index (χ2n) is 5.33. The van der Waals surface area contributed by atoms with Crippen LogP contribution in [0.5, 0.6) is 0 Å². The van der Waals surface area contributed by atoms with Crippen LogP contribution in [0.15, 0.2) is 28.7 Å². The highest BCUT2D eigenvalue weighted by atomic mass is 79.9. The Morgan fingerprint density at radius 3 is 2.35 bits per heavy atom. The van der Waals surface area contributed by atoms with Crippen molar-refractivity contribution in [2.24, 2.45) is 0 Å². The second-order valence-corrected chi connectivity index (χ2v) is 6.25. The van der Waals surface area contributed by atoms with Gasteiger partial charge in [0.15, 0.2) is 5.78 Å². The average molecular weight is 338 g/mol. The molecule has 0 atom stereocenters. The third kappa shape index (κ3) is 4.75. The van der Waals surface area contributed by atoms with Gasteiger partial charge in [0.2, 0.25) is 5.91 Å². The Morgan fingerprint density at radius 1 is 1.05 bits per heavy atom. The van der Waals surface area contributed by atoms with Crippen LogP contribution in [0.3, 0.4) is 0 Å². The van der Waals surface area contributed by atoms with Gasteiger partial charge < -0.3 is 5.32 Å². The van der Waals surface area contributed by atoms with Gasteiger partial charge in [0, 0.05) is 28.9 Å². The van der Waals surface area contributed by atoms with E-state index in [0.717, 1.165) is 17.3 Å². The maximum absolute atomic E-state index is 12.0. The van der Waals surface area contributed by atoms with Gasteiger partial charge in [0.25, 0.3) is 0 Å². The van der Waals surface area contributed by atoms with Crippen LogP contribution in [0.4, 0.5) is 0 Å². The van der Waals surface area contributed by atoms with Crippen molar-refractivity contribution in [3.8, 4) is 0 Å². The molecule has 108 valence electrons. The van der Waals surface area contributed by atoms with E-state index in [9.17, 15) is 9.59 Å². The van der Waals surface area contributed by atoms with Crippen molar-refractivity contribution in [2.45, 2.75) is 51.0 Å². The summed E-state index contributed by atoms with van der Waals surface area (Å²) in [7, 11) is 0. The zero-order valence-electron chi connectivity index (χ0n) is 11.5. The Hall–Kier alpha value is -1.16. The summed E-state index contributed by atoms with van der Waals surface area (Å²) in [5.74, 6) is 0.0265. The minimum absolute atomic E-state index is 0.00219. The van der Waals surface area contributed by atoms with Crippen molar-refractivity contribution < 1.29 is 9.59 Å². The van der Waals surface area contributed by atoms with Gasteiger partial charge in [-0.15, -0.1) is 0 Å². The van der Waals surface area contributed by atoms with Crippen molar-refractivity contribution in [1.29, 1.82) is 0 Å². The van der Waals surface area contributed by atoms with Crippen molar-refractivity contribution >= 4 is 27.6 Å². The molecule has 0 aliphatic heterocycles. The van der Waals surface area contributed by atoms with Crippen molar-refractivity contribution in [3.63, 3.8) is 0 Å². The summed E-state index contributed by atoms with van der Waals surface area (Å²) >= 11 is 3.34. The first-order chi connectivity index (χ1) is 9.65. The summed E-state index contributed by atoms with van der Waals surface area (Å²) in [4.78, 5) is 23.8. The van der Waals surface area contributed by atoms with E-state index in [2.05, 4.69) is 21.2 Å². The zero-order valence-corrected chi connectivity index (χ0v) is 13.1. The highest BCUT2D eigenvalue weighted by molar-refractivity contribution is 9.10. The van der Waals surface area contributed by atoms with Crippen molar-refractivity contribution in [2.75, 3.05) is 0 Å². The molecule has 0 radical (unpaired) electrons. The molecule has 0 spiro atoms. The van der Waals surface area contributed by atoms with Gasteiger partial charge >= 0.3 is 0 Å². The third-order valence-electron chi connectivity index (χ3n) is 3.72. The number of Topliss-reactive ketones (excluding diaryl/α,β-unsaturated/α-hetero) is 1. The quantitative estimate of drug-likeness (QED) is 0.829. The number of halogens is 1. The molecule has 1 aliphatic rings.